The lowest BCUT2D eigenvalue weighted by Gasteiger charge is -2.02. The van der Waals surface area contributed by atoms with Gasteiger partial charge in [-0.25, -0.2) is 0 Å². The van der Waals surface area contributed by atoms with Crippen LogP contribution in [0, 0.1) is 0 Å². The lowest BCUT2D eigenvalue weighted by Crippen LogP contribution is -2.19. The Balaban J connectivity index is 1.76. The quantitative estimate of drug-likeness (QED) is 0.649. The highest BCUT2D eigenvalue weighted by molar-refractivity contribution is 6.24. The van der Waals surface area contributed by atoms with Gasteiger partial charge < -0.3 is 15.3 Å². The van der Waals surface area contributed by atoms with Gasteiger partial charge in [0.05, 0.1) is 11.4 Å². The molecule has 5 nitrogen and oxygen atoms in total. The van der Waals surface area contributed by atoms with Gasteiger partial charge in [0, 0.05) is 0 Å². The van der Waals surface area contributed by atoms with Crippen LogP contribution in [0.3, 0.4) is 0 Å². The summed E-state index contributed by atoms with van der Waals surface area (Å²) in [6, 6.07) is 19.0. The van der Waals surface area contributed by atoms with Crippen molar-refractivity contribution in [3.8, 4) is 0 Å². The minimum absolute atomic E-state index is 0.121. The minimum atomic E-state index is -0.399. The van der Waals surface area contributed by atoms with E-state index in [0.717, 1.165) is 11.1 Å². The van der Waals surface area contributed by atoms with Crippen LogP contribution in [0.2, 0.25) is 0 Å². The van der Waals surface area contributed by atoms with Crippen LogP contribution in [0.4, 0.5) is 0 Å². The molecule has 0 aromatic heterocycles. The van der Waals surface area contributed by atoms with Gasteiger partial charge in [0.1, 0.15) is 12.2 Å². The predicted molar refractivity (Wildman–Crippen MR) is 96.6 cm³/mol. The van der Waals surface area contributed by atoms with E-state index < -0.39 is 5.91 Å². The molecule has 0 bridgehead atoms. The lowest BCUT2D eigenvalue weighted by molar-refractivity contribution is -0.115. The number of oxime groups is 1. The average Bonchev–Trinajstić information content (AvgIpc) is 2.90. The van der Waals surface area contributed by atoms with Crippen LogP contribution in [-0.4, -0.2) is 16.7 Å². The molecule has 0 saturated carbocycles. The minimum Gasteiger partial charge on any atom is -0.505 e. The predicted octanol–water partition coefficient (Wildman–Crippen LogP) is 3.56. The number of aliphatic hydroxyl groups excluding tert-OH is 1. The zero-order chi connectivity index (χ0) is 17.6. The Hall–Kier alpha value is -3.34. The molecule has 1 aliphatic rings. The second-order valence-corrected chi connectivity index (χ2v) is 5.58. The molecule has 2 N–H and O–H groups in total. The molecule has 0 radical (unpaired) electrons. The van der Waals surface area contributed by atoms with Gasteiger partial charge in [-0.3, -0.25) is 4.79 Å². The number of benzene rings is 2. The molecular weight excluding hydrogens is 316 g/mol. The first-order valence-corrected chi connectivity index (χ1v) is 7.87. The smallest absolute Gasteiger partial charge is 0.261 e. The van der Waals surface area contributed by atoms with Crippen LogP contribution in [-0.2, 0) is 16.2 Å². The maximum Gasteiger partial charge on any atom is 0.261 e. The lowest BCUT2D eigenvalue weighted by atomic mass is 10.1. The molecule has 3 rings (SSSR count). The molecular formula is C20H18N2O3. The third-order valence-electron chi connectivity index (χ3n) is 3.72. The molecule has 25 heavy (non-hydrogen) atoms. The first-order valence-electron chi connectivity index (χ1n) is 7.87. The van der Waals surface area contributed by atoms with E-state index >= 15 is 0 Å². The Kier molecular flexibility index (Phi) is 4.95. The van der Waals surface area contributed by atoms with Gasteiger partial charge in [-0.2, -0.15) is 0 Å². The summed E-state index contributed by atoms with van der Waals surface area (Å²) in [5, 5.41) is 17.0. The second kappa shape index (κ2) is 7.49. The standard InChI is InChI=1S/C20H18N2O3/c1-14(22-25-13-16-10-6-3-7-11-16)18-19(23)17(21-20(18)24)12-15-8-4-2-5-9-15/h2-12,23H,13H2,1H3,(H,21,24)/b17-12-,22-14+. The normalized spacial score (nSPS) is 16.3. The van der Waals surface area contributed by atoms with E-state index in [2.05, 4.69) is 10.5 Å². The molecule has 5 heteroatoms. The van der Waals surface area contributed by atoms with Crippen molar-refractivity contribution in [3.05, 3.63) is 88.8 Å². The van der Waals surface area contributed by atoms with Crippen molar-refractivity contribution in [2.45, 2.75) is 13.5 Å². The summed E-state index contributed by atoms with van der Waals surface area (Å²) < 4.78 is 0. The second-order valence-electron chi connectivity index (χ2n) is 5.58. The van der Waals surface area contributed by atoms with E-state index in [1.165, 1.54) is 0 Å². The summed E-state index contributed by atoms with van der Waals surface area (Å²) in [4.78, 5) is 17.4. The summed E-state index contributed by atoms with van der Waals surface area (Å²) in [5.41, 5.74) is 2.64. The molecule has 0 unspecified atom stereocenters. The first kappa shape index (κ1) is 16.5. The number of aliphatic hydroxyl groups is 1. The number of carbonyl (C=O) groups is 1. The van der Waals surface area contributed by atoms with Crippen LogP contribution in [0.15, 0.2) is 82.8 Å². The highest BCUT2D eigenvalue weighted by atomic mass is 16.6. The number of carbonyl (C=O) groups excluding carboxylic acids is 1. The maximum atomic E-state index is 12.2. The number of rotatable bonds is 5. The van der Waals surface area contributed by atoms with Crippen LogP contribution in [0.1, 0.15) is 18.1 Å². The van der Waals surface area contributed by atoms with Crippen molar-refractivity contribution in [3.63, 3.8) is 0 Å². The SMILES string of the molecule is C/C(=N\OCc1ccccc1)C1=C(O)/C(=C/c2ccccc2)NC1=O. The fraction of sp³-hybridized carbons (Fsp3) is 0.100. The van der Waals surface area contributed by atoms with Gasteiger partial charge in [-0.1, -0.05) is 65.8 Å². The monoisotopic (exact) mass is 334 g/mol. The molecule has 2 aromatic carbocycles. The molecule has 0 fully saturated rings. The van der Waals surface area contributed by atoms with Gasteiger partial charge in [0.2, 0.25) is 0 Å². The van der Waals surface area contributed by atoms with Crippen LogP contribution in [0.25, 0.3) is 6.08 Å². The van der Waals surface area contributed by atoms with E-state index in [0.29, 0.717) is 18.0 Å². The highest BCUT2D eigenvalue weighted by Gasteiger charge is 2.29. The highest BCUT2D eigenvalue weighted by Crippen LogP contribution is 2.22. The van der Waals surface area contributed by atoms with Gasteiger partial charge >= 0.3 is 0 Å². The summed E-state index contributed by atoms with van der Waals surface area (Å²) in [6.07, 6.45) is 1.71. The van der Waals surface area contributed by atoms with Gasteiger partial charge in [0.25, 0.3) is 5.91 Å². The fourth-order valence-corrected chi connectivity index (χ4v) is 2.47. The largest absolute Gasteiger partial charge is 0.505 e. The zero-order valence-corrected chi connectivity index (χ0v) is 13.8. The van der Waals surface area contributed by atoms with Crippen LogP contribution < -0.4 is 5.32 Å². The van der Waals surface area contributed by atoms with Crippen molar-refractivity contribution < 1.29 is 14.7 Å². The molecule has 0 atom stereocenters. The third-order valence-corrected chi connectivity index (χ3v) is 3.72. The number of nitrogens with zero attached hydrogens (tertiary/aromatic N) is 1. The summed E-state index contributed by atoms with van der Waals surface area (Å²) >= 11 is 0. The molecule has 2 aromatic rings. The van der Waals surface area contributed by atoms with E-state index in [-0.39, 0.29) is 11.3 Å². The number of amides is 1. The van der Waals surface area contributed by atoms with Crippen molar-refractivity contribution in [2.75, 3.05) is 0 Å². The Bertz CT molecular complexity index is 853. The topological polar surface area (TPSA) is 70.9 Å². The van der Waals surface area contributed by atoms with Crippen LogP contribution >= 0.6 is 0 Å². The van der Waals surface area contributed by atoms with Crippen molar-refractivity contribution in [1.29, 1.82) is 0 Å². The number of hydrogen-bond acceptors (Lipinski definition) is 4. The van der Waals surface area contributed by atoms with Gasteiger partial charge in [0.15, 0.2) is 5.76 Å². The van der Waals surface area contributed by atoms with Gasteiger partial charge in [-0.15, -0.1) is 0 Å². The summed E-state index contributed by atoms with van der Waals surface area (Å²) in [7, 11) is 0. The molecule has 1 amide bonds. The average molecular weight is 334 g/mol. The van der Waals surface area contributed by atoms with E-state index in [1.807, 2.05) is 60.7 Å². The Morgan fingerprint density at radius 3 is 2.44 bits per heavy atom. The van der Waals surface area contributed by atoms with Crippen molar-refractivity contribution >= 4 is 17.7 Å². The third kappa shape index (κ3) is 3.95. The Morgan fingerprint density at radius 2 is 1.76 bits per heavy atom. The van der Waals surface area contributed by atoms with Crippen LogP contribution in [0.5, 0.6) is 0 Å². The van der Waals surface area contributed by atoms with Crippen molar-refractivity contribution in [2.24, 2.45) is 5.16 Å². The molecule has 0 spiro atoms. The zero-order valence-electron chi connectivity index (χ0n) is 13.8. The Labute approximate surface area is 145 Å². The maximum absolute atomic E-state index is 12.2. The number of hydrogen-bond donors (Lipinski definition) is 2. The molecule has 0 aliphatic carbocycles. The Morgan fingerprint density at radius 1 is 1.12 bits per heavy atom. The van der Waals surface area contributed by atoms with E-state index in [1.54, 1.807) is 13.0 Å². The molecule has 1 heterocycles. The first-order chi connectivity index (χ1) is 12.1. The van der Waals surface area contributed by atoms with Gasteiger partial charge in [-0.05, 0) is 24.1 Å². The summed E-state index contributed by atoms with van der Waals surface area (Å²) in [6.45, 7) is 1.92. The number of nitrogens with one attached hydrogen (secondary N) is 1. The summed E-state index contributed by atoms with van der Waals surface area (Å²) in [5.74, 6) is -0.525. The van der Waals surface area contributed by atoms with Crippen molar-refractivity contribution in [1.82, 2.24) is 5.32 Å². The molecule has 1 aliphatic heterocycles. The van der Waals surface area contributed by atoms with E-state index in [9.17, 15) is 9.90 Å². The molecule has 126 valence electrons. The fourth-order valence-electron chi connectivity index (χ4n) is 2.47. The van der Waals surface area contributed by atoms with E-state index in [4.69, 9.17) is 4.84 Å². The molecule has 0 saturated heterocycles.